The molecule has 0 radical (unpaired) electrons. The van der Waals surface area contributed by atoms with Crippen LogP contribution >= 0.6 is 0 Å². The van der Waals surface area contributed by atoms with Crippen LogP contribution in [0.1, 0.15) is 35.8 Å². The summed E-state index contributed by atoms with van der Waals surface area (Å²) in [6.45, 7) is 4.53. The van der Waals surface area contributed by atoms with Gasteiger partial charge in [-0.25, -0.2) is 14.8 Å². The molecule has 0 saturated carbocycles. The second-order valence-electron chi connectivity index (χ2n) is 4.35. The lowest BCUT2D eigenvalue weighted by molar-refractivity contribution is 0.0695. The Bertz CT molecular complexity index is 410. The van der Waals surface area contributed by atoms with Crippen LogP contribution in [0.5, 0.6) is 0 Å². The van der Waals surface area contributed by atoms with Crippen LogP contribution in [0, 0.1) is 12.8 Å². The first kappa shape index (κ1) is 14.4. The lowest BCUT2D eigenvalue weighted by atomic mass is 10.1. The first-order valence-electron chi connectivity index (χ1n) is 5.96. The van der Waals surface area contributed by atoms with Gasteiger partial charge in [0, 0.05) is 19.3 Å². The van der Waals surface area contributed by atoms with E-state index < -0.39 is 5.97 Å². The molecule has 1 aromatic rings. The third kappa shape index (κ3) is 4.29. The van der Waals surface area contributed by atoms with Crippen LogP contribution in [0.3, 0.4) is 0 Å². The summed E-state index contributed by atoms with van der Waals surface area (Å²) in [6, 6.07) is 0. The minimum atomic E-state index is -1.02. The highest BCUT2D eigenvalue weighted by Crippen LogP contribution is 2.08. The van der Waals surface area contributed by atoms with Crippen molar-refractivity contribution in [2.24, 2.45) is 5.92 Å². The van der Waals surface area contributed by atoms with Gasteiger partial charge in [0.2, 0.25) is 5.95 Å². The maximum absolute atomic E-state index is 10.8. The molecule has 1 aromatic heterocycles. The van der Waals surface area contributed by atoms with E-state index in [4.69, 9.17) is 10.2 Å². The molecule has 0 bridgehead atoms. The molecule has 0 aliphatic carbocycles. The van der Waals surface area contributed by atoms with Crippen molar-refractivity contribution in [3.8, 4) is 0 Å². The van der Waals surface area contributed by atoms with Crippen molar-refractivity contribution in [3.63, 3.8) is 0 Å². The van der Waals surface area contributed by atoms with Gasteiger partial charge in [-0.1, -0.05) is 6.92 Å². The zero-order chi connectivity index (χ0) is 13.5. The monoisotopic (exact) mass is 253 g/mol. The van der Waals surface area contributed by atoms with Gasteiger partial charge >= 0.3 is 5.97 Å². The smallest absolute Gasteiger partial charge is 0.339 e. The minimum Gasteiger partial charge on any atom is -0.478 e. The molecule has 1 rings (SSSR count). The lowest BCUT2D eigenvalue weighted by Gasteiger charge is -2.09. The number of aliphatic hydroxyl groups excluding tert-OH is 1. The number of nitrogens with one attached hydrogen (secondary N) is 1. The van der Waals surface area contributed by atoms with Gasteiger partial charge < -0.3 is 15.5 Å². The molecule has 0 aliphatic heterocycles. The number of hydrogen-bond acceptors (Lipinski definition) is 5. The molecular weight excluding hydrogens is 234 g/mol. The summed E-state index contributed by atoms with van der Waals surface area (Å²) < 4.78 is 0. The summed E-state index contributed by atoms with van der Waals surface area (Å²) in [6.07, 6.45) is 3.14. The number of carbonyl (C=O) groups is 1. The van der Waals surface area contributed by atoms with Crippen LogP contribution in [0.15, 0.2) is 6.20 Å². The fourth-order valence-electron chi connectivity index (χ4n) is 1.50. The van der Waals surface area contributed by atoms with Crippen molar-refractivity contribution in [1.29, 1.82) is 0 Å². The maximum atomic E-state index is 10.8. The number of rotatable bonds is 7. The number of aliphatic hydroxyl groups is 1. The predicted molar refractivity (Wildman–Crippen MR) is 67.7 cm³/mol. The summed E-state index contributed by atoms with van der Waals surface area (Å²) in [5.41, 5.74) is 0.568. The molecular formula is C12H19N3O3. The molecule has 0 amide bonds. The molecule has 1 atom stereocenters. The number of carboxylic acids is 1. The average Bonchev–Trinajstić information content (AvgIpc) is 2.34. The van der Waals surface area contributed by atoms with Gasteiger partial charge in [-0.2, -0.15) is 0 Å². The van der Waals surface area contributed by atoms with Gasteiger partial charge in [0.15, 0.2) is 0 Å². The van der Waals surface area contributed by atoms with Gasteiger partial charge in [0.05, 0.1) is 11.3 Å². The molecule has 0 spiro atoms. The standard InChI is InChI=1S/C12H19N3O3/c1-8(7-16)4-3-5-13-12-14-6-10(11(17)18)9(2)15-12/h6,8,16H,3-5,7H2,1-2H3,(H,17,18)(H,13,14,15). The molecule has 0 aliphatic rings. The Kier molecular flexibility index (Phi) is 5.51. The second-order valence-corrected chi connectivity index (χ2v) is 4.35. The number of anilines is 1. The van der Waals surface area contributed by atoms with Crippen molar-refractivity contribution in [2.45, 2.75) is 26.7 Å². The van der Waals surface area contributed by atoms with E-state index in [0.29, 0.717) is 24.1 Å². The van der Waals surface area contributed by atoms with Crippen molar-refractivity contribution in [3.05, 3.63) is 17.5 Å². The van der Waals surface area contributed by atoms with Gasteiger partial charge in [-0.3, -0.25) is 0 Å². The van der Waals surface area contributed by atoms with Gasteiger partial charge in [0.1, 0.15) is 0 Å². The van der Waals surface area contributed by atoms with Crippen LogP contribution in [-0.4, -0.2) is 39.3 Å². The Hall–Kier alpha value is -1.69. The fourth-order valence-corrected chi connectivity index (χ4v) is 1.50. The molecule has 0 saturated heterocycles. The van der Waals surface area contributed by atoms with Crippen LogP contribution in [0.2, 0.25) is 0 Å². The van der Waals surface area contributed by atoms with Gasteiger partial charge in [0.25, 0.3) is 0 Å². The zero-order valence-corrected chi connectivity index (χ0v) is 10.7. The Morgan fingerprint density at radius 3 is 2.83 bits per heavy atom. The fraction of sp³-hybridized carbons (Fsp3) is 0.583. The summed E-state index contributed by atoms with van der Waals surface area (Å²) in [7, 11) is 0. The largest absolute Gasteiger partial charge is 0.478 e. The number of nitrogens with zero attached hydrogens (tertiary/aromatic N) is 2. The molecule has 1 heterocycles. The molecule has 6 heteroatoms. The number of aromatic nitrogens is 2. The van der Waals surface area contributed by atoms with Crippen LogP contribution in [0.25, 0.3) is 0 Å². The van der Waals surface area contributed by atoms with Crippen molar-refractivity contribution in [2.75, 3.05) is 18.5 Å². The Labute approximate surface area is 106 Å². The topological polar surface area (TPSA) is 95.3 Å². The van der Waals surface area contributed by atoms with Crippen molar-refractivity contribution in [1.82, 2.24) is 9.97 Å². The van der Waals surface area contributed by atoms with E-state index in [2.05, 4.69) is 15.3 Å². The Morgan fingerprint density at radius 1 is 1.56 bits per heavy atom. The van der Waals surface area contributed by atoms with E-state index in [-0.39, 0.29) is 12.2 Å². The van der Waals surface area contributed by atoms with Gasteiger partial charge in [-0.15, -0.1) is 0 Å². The second kappa shape index (κ2) is 6.90. The maximum Gasteiger partial charge on any atom is 0.339 e. The minimum absolute atomic E-state index is 0.120. The molecule has 0 aromatic carbocycles. The van der Waals surface area contributed by atoms with E-state index in [0.717, 1.165) is 12.8 Å². The molecule has 18 heavy (non-hydrogen) atoms. The number of hydrogen-bond donors (Lipinski definition) is 3. The first-order chi connectivity index (χ1) is 8.54. The third-order valence-corrected chi connectivity index (χ3v) is 2.68. The number of aromatic carboxylic acids is 1. The van der Waals surface area contributed by atoms with Crippen LogP contribution in [-0.2, 0) is 0 Å². The number of carboxylic acid groups (broad SMARTS) is 1. The highest BCUT2D eigenvalue weighted by Gasteiger charge is 2.09. The highest BCUT2D eigenvalue weighted by molar-refractivity contribution is 5.88. The molecule has 6 nitrogen and oxygen atoms in total. The normalized spacial score (nSPS) is 12.2. The molecule has 0 fully saturated rings. The lowest BCUT2D eigenvalue weighted by Crippen LogP contribution is -2.11. The SMILES string of the molecule is Cc1nc(NCCCC(C)CO)ncc1C(=O)O. The Balaban J connectivity index is 2.44. The highest BCUT2D eigenvalue weighted by atomic mass is 16.4. The molecule has 3 N–H and O–H groups in total. The zero-order valence-electron chi connectivity index (χ0n) is 10.7. The third-order valence-electron chi connectivity index (χ3n) is 2.68. The summed E-state index contributed by atoms with van der Waals surface area (Å²) in [5, 5.41) is 20.7. The van der Waals surface area contributed by atoms with Crippen LogP contribution < -0.4 is 5.32 Å². The van der Waals surface area contributed by atoms with Crippen LogP contribution in [0.4, 0.5) is 5.95 Å². The van der Waals surface area contributed by atoms with E-state index >= 15 is 0 Å². The van der Waals surface area contributed by atoms with E-state index in [1.807, 2.05) is 6.92 Å². The van der Waals surface area contributed by atoms with Crippen molar-refractivity contribution >= 4 is 11.9 Å². The quantitative estimate of drug-likeness (QED) is 0.634. The summed E-state index contributed by atoms with van der Waals surface area (Å²) in [5.74, 6) is -0.284. The first-order valence-corrected chi connectivity index (χ1v) is 5.96. The van der Waals surface area contributed by atoms with E-state index in [9.17, 15) is 4.79 Å². The van der Waals surface area contributed by atoms with Gasteiger partial charge in [-0.05, 0) is 25.7 Å². The molecule has 100 valence electrons. The molecule has 1 unspecified atom stereocenters. The Morgan fingerprint density at radius 2 is 2.28 bits per heavy atom. The van der Waals surface area contributed by atoms with E-state index in [1.54, 1.807) is 6.92 Å². The summed E-state index contributed by atoms with van der Waals surface area (Å²) >= 11 is 0. The van der Waals surface area contributed by atoms with E-state index in [1.165, 1.54) is 6.20 Å². The predicted octanol–water partition coefficient (Wildman–Crippen LogP) is 1.30. The van der Waals surface area contributed by atoms with Crippen molar-refractivity contribution < 1.29 is 15.0 Å². The summed E-state index contributed by atoms with van der Waals surface area (Å²) in [4.78, 5) is 18.8. The average molecular weight is 253 g/mol. The number of aryl methyl sites for hydroxylation is 1.